The summed E-state index contributed by atoms with van der Waals surface area (Å²) in [5, 5.41) is 3.41. The molecule has 122 valence electrons. The van der Waals surface area contributed by atoms with Gasteiger partial charge in [0.2, 0.25) is 0 Å². The maximum absolute atomic E-state index is 5.18. The number of benzene rings is 2. The number of hydrogen-bond donors (Lipinski definition) is 1. The van der Waals surface area contributed by atoms with Gasteiger partial charge in [-0.25, -0.2) is 0 Å². The molecule has 2 aromatic rings. The van der Waals surface area contributed by atoms with Gasteiger partial charge in [-0.3, -0.25) is 4.99 Å². The number of nitrogens with one attached hydrogen (secondary N) is 1. The maximum atomic E-state index is 5.18. The molecule has 2 aromatic carbocycles. The molecule has 0 saturated carbocycles. The Morgan fingerprint density at radius 3 is 2.35 bits per heavy atom. The molecule has 0 aliphatic heterocycles. The minimum atomic E-state index is 0.836. The topological polar surface area (TPSA) is 36.9 Å². The van der Waals surface area contributed by atoms with Crippen LogP contribution < -0.4 is 10.1 Å². The average Bonchev–Trinajstić information content (AvgIpc) is 2.60. The third-order valence-corrected chi connectivity index (χ3v) is 3.69. The third kappa shape index (κ3) is 5.33. The highest BCUT2D eigenvalue weighted by molar-refractivity contribution is 5.79. The predicted octanol–water partition coefficient (Wildman–Crippen LogP) is 2.95. The summed E-state index contributed by atoms with van der Waals surface area (Å²) < 4.78 is 5.18. The van der Waals surface area contributed by atoms with Crippen molar-refractivity contribution in [2.45, 2.75) is 13.0 Å². The van der Waals surface area contributed by atoms with E-state index in [1.807, 2.05) is 25.2 Å². The van der Waals surface area contributed by atoms with Gasteiger partial charge in [-0.05, 0) is 29.7 Å². The van der Waals surface area contributed by atoms with Crippen LogP contribution in [0.3, 0.4) is 0 Å². The van der Waals surface area contributed by atoms with Crippen molar-refractivity contribution in [3.63, 3.8) is 0 Å². The molecule has 0 unspecified atom stereocenters. The van der Waals surface area contributed by atoms with Crippen LogP contribution in [0.2, 0.25) is 0 Å². The Morgan fingerprint density at radius 1 is 1.04 bits per heavy atom. The zero-order chi connectivity index (χ0) is 16.5. The number of ether oxygens (including phenoxy) is 1. The molecule has 0 amide bonds. The molecule has 4 heteroatoms. The van der Waals surface area contributed by atoms with Gasteiger partial charge in [-0.1, -0.05) is 42.5 Å². The Balaban J connectivity index is 1.82. The van der Waals surface area contributed by atoms with E-state index in [2.05, 4.69) is 58.7 Å². The minimum Gasteiger partial charge on any atom is -0.497 e. The Bertz CT molecular complexity index is 608. The summed E-state index contributed by atoms with van der Waals surface area (Å²) in [7, 11) is 5.55. The Kier molecular flexibility index (Phi) is 6.48. The van der Waals surface area contributed by atoms with Crippen LogP contribution >= 0.6 is 0 Å². The molecule has 2 rings (SSSR count). The highest BCUT2D eigenvalue weighted by Crippen LogP contribution is 2.11. The second-order valence-corrected chi connectivity index (χ2v) is 5.41. The van der Waals surface area contributed by atoms with Gasteiger partial charge in [-0.15, -0.1) is 0 Å². The third-order valence-electron chi connectivity index (χ3n) is 3.69. The predicted molar refractivity (Wildman–Crippen MR) is 96.0 cm³/mol. The van der Waals surface area contributed by atoms with Crippen LogP contribution in [0.5, 0.6) is 5.75 Å². The molecule has 0 aromatic heterocycles. The van der Waals surface area contributed by atoms with Crippen molar-refractivity contribution in [1.82, 2.24) is 10.2 Å². The zero-order valence-corrected chi connectivity index (χ0v) is 14.1. The molecule has 23 heavy (non-hydrogen) atoms. The minimum absolute atomic E-state index is 0.836. The van der Waals surface area contributed by atoms with Gasteiger partial charge in [0, 0.05) is 27.2 Å². The summed E-state index contributed by atoms with van der Waals surface area (Å²) in [6, 6.07) is 18.6. The van der Waals surface area contributed by atoms with Gasteiger partial charge in [0.25, 0.3) is 0 Å². The van der Waals surface area contributed by atoms with Gasteiger partial charge in [0.1, 0.15) is 5.75 Å². The van der Waals surface area contributed by atoms with Crippen LogP contribution in [-0.4, -0.2) is 38.6 Å². The van der Waals surface area contributed by atoms with Gasteiger partial charge in [0.05, 0.1) is 7.11 Å². The number of hydrogen-bond acceptors (Lipinski definition) is 2. The van der Waals surface area contributed by atoms with Crippen molar-refractivity contribution in [2.24, 2.45) is 4.99 Å². The highest BCUT2D eigenvalue weighted by atomic mass is 16.5. The van der Waals surface area contributed by atoms with Crippen molar-refractivity contribution < 1.29 is 4.74 Å². The van der Waals surface area contributed by atoms with E-state index < -0.39 is 0 Å². The fraction of sp³-hybridized carbons (Fsp3) is 0.316. The molecule has 0 bridgehead atoms. The van der Waals surface area contributed by atoms with Gasteiger partial charge in [-0.2, -0.15) is 0 Å². The van der Waals surface area contributed by atoms with E-state index in [4.69, 9.17) is 4.74 Å². The lowest BCUT2D eigenvalue weighted by molar-refractivity contribution is 0.414. The molecule has 0 saturated heterocycles. The molecule has 0 aliphatic rings. The number of aliphatic imine (C=N–C) groups is 1. The monoisotopic (exact) mass is 311 g/mol. The van der Waals surface area contributed by atoms with Crippen LogP contribution in [-0.2, 0) is 13.0 Å². The summed E-state index contributed by atoms with van der Waals surface area (Å²) in [5.41, 5.74) is 2.55. The number of rotatable bonds is 6. The SMILES string of the molecule is CN=C(NCCc1ccc(OC)cc1)N(C)Cc1ccccc1. The maximum Gasteiger partial charge on any atom is 0.193 e. The fourth-order valence-electron chi connectivity index (χ4n) is 2.43. The second kappa shape index (κ2) is 8.83. The van der Waals surface area contributed by atoms with Crippen molar-refractivity contribution in [1.29, 1.82) is 0 Å². The molecule has 0 radical (unpaired) electrons. The van der Waals surface area contributed by atoms with E-state index in [-0.39, 0.29) is 0 Å². The molecule has 0 atom stereocenters. The molecule has 0 heterocycles. The lowest BCUT2D eigenvalue weighted by Gasteiger charge is -2.22. The number of methoxy groups -OCH3 is 1. The van der Waals surface area contributed by atoms with Crippen LogP contribution in [0.1, 0.15) is 11.1 Å². The van der Waals surface area contributed by atoms with Crippen LogP contribution in [0, 0.1) is 0 Å². The lowest BCUT2D eigenvalue weighted by Crippen LogP contribution is -2.39. The van der Waals surface area contributed by atoms with Gasteiger partial charge in [0.15, 0.2) is 5.96 Å². The molecule has 1 N–H and O–H groups in total. The first-order valence-electron chi connectivity index (χ1n) is 7.81. The summed E-state index contributed by atoms with van der Waals surface area (Å²) in [5.74, 6) is 1.79. The molecular weight excluding hydrogens is 286 g/mol. The van der Waals surface area contributed by atoms with Crippen LogP contribution in [0.25, 0.3) is 0 Å². The lowest BCUT2D eigenvalue weighted by atomic mass is 10.1. The first kappa shape index (κ1) is 16.9. The highest BCUT2D eigenvalue weighted by Gasteiger charge is 2.06. The average molecular weight is 311 g/mol. The molecule has 0 fully saturated rings. The van der Waals surface area contributed by atoms with Crippen LogP contribution in [0.4, 0.5) is 0 Å². The Morgan fingerprint density at radius 2 is 1.74 bits per heavy atom. The fourth-order valence-corrected chi connectivity index (χ4v) is 2.43. The zero-order valence-electron chi connectivity index (χ0n) is 14.1. The summed E-state index contributed by atoms with van der Waals surface area (Å²) >= 11 is 0. The summed E-state index contributed by atoms with van der Waals surface area (Å²) in [6.45, 7) is 1.68. The number of nitrogens with zero attached hydrogens (tertiary/aromatic N) is 2. The summed E-state index contributed by atoms with van der Waals surface area (Å²) in [6.07, 6.45) is 0.947. The van der Waals surface area contributed by atoms with Crippen LogP contribution in [0.15, 0.2) is 59.6 Å². The van der Waals surface area contributed by atoms with Gasteiger partial charge < -0.3 is 15.0 Å². The normalized spacial score (nSPS) is 11.2. The van der Waals surface area contributed by atoms with Crippen molar-refractivity contribution >= 4 is 5.96 Å². The van der Waals surface area contributed by atoms with Crippen molar-refractivity contribution in [3.8, 4) is 5.75 Å². The van der Waals surface area contributed by atoms with E-state index in [0.29, 0.717) is 0 Å². The molecule has 0 spiro atoms. The molecule has 0 aliphatic carbocycles. The van der Waals surface area contributed by atoms with E-state index >= 15 is 0 Å². The van der Waals surface area contributed by atoms with E-state index in [1.165, 1.54) is 11.1 Å². The van der Waals surface area contributed by atoms with E-state index in [0.717, 1.165) is 31.2 Å². The largest absolute Gasteiger partial charge is 0.497 e. The number of guanidine groups is 1. The summed E-state index contributed by atoms with van der Waals surface area (Å²) in [4.78, 5) is 6.48. The van der Waals surface area contributed by atoms with Crippen molar-refractivity contribution in [2.75, 3.05) is 27.7 Å². The van der Waals surface area contributed by atoms with E-state index in [9.17, 15) is 0 Å². The standard InChI is InChI=1S/C19H25N3O/c1-20-19(22(2)15-17-7-5-4-6-8-17)21-14-13-16-9-11-18(23-3)12-10-16/h4-12H,13-15H2,1-3H3,(H,20,21). The Labute approximate surface area is 138 Å². The molecule has 4 nitrogen and oxygen atoms in total. The quantitative estimate of drug-likeness (QED) is 0.658. The first-order chi connectivity index (χ1) is 11.2. The Hall–Kier alpha value is -2.49. The smallest absolute Gasteiger partial charge is 0.193 e. The van der Waals surface area contributed by atoms with Gasteiger partial charge >= 0.3 is 0 Å². The molecular formula is C19H25N3O. The first-order valence-corrected chi connectivity index (χ1v) is 7.81. The van der Waals surface area contributed by atoms with Crippen molar-refractivity contribution in [3.05, 3.63) is 65.7 Å². The second-order valence-electron chi connectivity index (χ2n) is 5.41. The van der Waals surface area contributed by atoms with E-state index in [1.54, 1.807) is 7.11 Å².